The largest absolute Gasteiger partial charge is 0.444 e. The monoisotopic (exact) mass is 504 g/mol. The van der Waals surface area contributed by atoms with Crippen LogP contribution in [-0.4, -0.2) is 45.9 Å². The number of aryl methyl sites for hydroxylation is 2. The number of carbonyl (C=O) groups excluding carboxylic acids is 3. The molecule has 0 aliphatic carbocycles. The summed E-state index contributed by atoms with van der Waals surface area (Å²) in [5, 5.41) is 5.02. The Morgan fingerprint density at radius 1 is 1.19 bits per heavy atom. The lowest BCUT2D eigenvalue weighted by Gasteiger charge is -2.42. The quantitative estimate of drug-likeness (QED) is 0.490. The molecular formula is C25H32F2N5O4+. The SMILES string of the molecule is Cc1cc(NC(=O)C(=O)N2C[C@H](C)C(F)(F)C[C@H]2c2cc[n+](C)cc2)cnc1NC(=O)OC(C)(C)C. The molecule has 11 heteroatoms. The van der Waals surface area contributed by atoms with Crippen molar-refractivity contribution in [3.63, 3.8) is 0 Å². The molecule has 2 atom stereocenters. The van der Waals surface area contributed by atoms with Gasteiger partial charge in [0.25, 0.3) is 5.92 Å². The summed E-state index contributed by atoms with van der Waals surface area (Å²) in [7, 11) is 1.79. The first-order chi connectivity index (χ1) is 16.7. The third-order valence-electron chi connectivity index (χ3n) is 5.83. The minimum absolute atomic E-state index is 0.222. The zero-order valence-electron chi connectivity index (χ0n) is 21.3. The Balaban J connectivity index is 1.75. The molecule has 0 unspecified atom stereocenters. The molecule has 9 nitrogen and oxygen atoms in total. The Hall–Kier alpha value is -3.63. The third kappa shape index (κ3) is 6.52. The van der Waals surface area contributed by atoms with Gasteiger partial charge in [0.15, 0.2) is 12.4 Å². The maximum atomic E-state index is 14.6. The van der Waals surface area contributed by atoms with Gasteiger partial charge < -0.3 is 15.0 Å². The molecule has 2 N–H and O–H groups in total. The number of aromatic nitrogens is 2. The molecule has 36 heavy (non-hydrogen) atoms. The highest BCUT2D eigenvalue weighted by Gasteiger charge is 2.48. The van der Waals surface area contributed by atoms with Crippen molar-refractivity contribution < 1.29 is 32.5 Å². The molecule has 194 valence electrons. The summed E-state index contributed by atoms with van der Waals surface area (Å²) in [6.07, 6.45) is 3.44. The summed E-state index contributed by atoms with van der Waals surface area (Å²) in [5.74, 6) is -5.73. The number of likely N-dealkylation sites (tertiary alicyclic amines) is 1. The predicted molar refractivity (Wildman–Crippen MR) is 128 cm³/mol. The van der Waals surface area contributed by atoms with Gasteiger partial charge in [-0.2, -0.15) is 0 Å². The molecule has 0 saturated carbocycles. The lowest BCUT2D eigenvalue weighted by Crippen LogP contribution is -2.52. The maximum Gasteiger partial charge on any atom is 0.413 e. The van der Waals surface area contributed by atoms with E-state index in [4.69, 9.17) is 4.74 Å². The lowest BCUT2D eigenvalue weighted by molar-refractivity contribution is -0.671. The van der Waals surface area contributed by atoms with Crippen molar-refractivity contribution in [3.05, 3.63) is 47.9 Å². The smallest absolute Gasteiger partial charge is 0.413 e. The number of halogens is 2. The number of rotatable bonds is 3. The van der Waals surface area contributed by atoms with Crippen molar-refractivity contribution in [3.8, 4) is 0 Å². The van der Waals surface area contributed by atoms with Crippen molar-refractivity contribution in [1.82, 2.24) is 9.88 Å². The van der Waals surface area contributed by atoms with Gasteiger partial charge in [-0.15, -0.1) is 0 Å². The fourth-order valence-corrected chi connectivity index (χ4v) is 3.87. The van der Waals surface area contributed by atoms with E-state index in [1.54, 1.807) is 63.8 Å². The van der Waals surface area contributed by atoms with E-state index in [2.05, 4.69) is 15.6 Å². The molecular weight excluding hydrogens is 472 g/mol. The van der Waals surface area contributed by atoms with Crippen molar-refractivity contribution in [1.29, 1.82) is 0 Å². The summed E-state index contributed by atoms with van der Waals surface area (Å²) in [6.45, 7) is 7.96. The van der Waals surface area contributed by atoms with Gasteiger partial charge in [0.2, 0.25) is 0 Å². The second-order valence-corrected chi connectivity index (χ2v) is 10.1. The number of amides is 3. The van der Waals surface area contributed by atoms with Gasteiger partial charge in [-0.25, -0.2) is 23.1 Å². The number of alkyl halides is 2. The first-order valence-electron chi connectivity index (χ1n) is 11.6. The normalized spacial score (nSPS) is 19.4. The van der Waals surface area contributed by atoms with Crippen LogP contribution in [0.25, 0.3) is 0 Å². The van der Waals surface area contributed by atoms with E-state index >= 15 is 0 Å². The van der Waals surface area contributed by atoms with Gasteiger partial charge in [-0.3, -0.25) is 14.9 Å². The van der Waals surface area contributed by atoms with Crippen LogP contribution >= 0.6 is 0 Å². The number of nitrogens with one attached hydrogen (secondary N) is 2. The Labute approximate surface area is 208 Å². The van der Waals surface area contributed by atoms with E-state index in [0.29, 0.717) is 11.1 Å². The van der Waals surface area contributed by atoms with E-state index in [0.717, 1.165) is 0 Å². The molecule has 0 bridgehead atoms. The van der Waals surface area contributed by atoms with Gasteiger partial charge >= 0.3 is 17.9 Å². The first kappa shape index (κ1) is 27.0. The van der Waals surface area contributed by atoms with Gasteiger partial charge in [0.1, 0.15) is 18.5 Å². The van der Waals surface area contributed by atoms with Crippen molar-refractivity contribution in [2.45, 2.75) is 58.6 Å². The van der Waals surface area contributed by atoms with E-state index in [1.807, 2.05) is 0 Å². The number of carbonyl (C=O) groups is 3. The van der Waals surface area contributed by atoms with E-state index < -0.39 is 47.8 Å². The maximum absolute atomic E-state index is 14.6. The number of ether oxygens (including phenoxy) is 1. The van der Waals surface area contributed by atoms with Crippen LogP contribution in [0.4, 0.5) is 25.1 Å². The van der Waals surface area contributed by atoms with Crippen molar-refractivity contribution in [2.75, 3.05) is 17.2 Å². The number of pyridine rings is 2. The number of hydrogen-bond acceptors (Lipinski definition) is 5. The molecule has 1 saturated heterocycles. The van der Waals surface area contributed by atoms with Gasteiger partial charge in [-0.1, -0.05) is 6.92 Å². The second-order valence-electron chi connectivity index (χ2n) is 10.1. The molecule has 1 fully saturated rings. The van der Waals surface area contributed by atoms with Crippen molar-refractivity contribution >= 4 is 29.4 Å². The fraction of sp³-hybridized carbons (Fsp3) is 0.480. The summed E-state index contributed by atoms with van der Waals surface area (Å²) in [5.41, 5.74) is 0.583. The number of piperidine rings is 1. The zero-order chi connectivity index (χ0) is 26.8. The van der Waals surface area contributed by atoms with Crippen LogP contribution in [0, 0.1) is 12.8 Å². The molecule has 2 aromatic rings. The van der Waals surface area contributed by atoms with Gasteiger partial charge in [-0.05, 0) is 44.9 Å². The molecule has 0 spiro atoms. The Kier molecular flexibility index (Phi) is 7.61. The number of hydrogen-bond donors (Lipinski definition) is 2. The fourth-order valence-electron chi connectivity index (χ4n) is 3.87. The summed E-state index contributed by atoms with van der Waals surface area (Å²) >= 11 is 0. The van der Waals surface area contributed by atoms with Gasteiger partial charge in [0.05, 0.1) is 17.9 Å². The lowest BCUT2D eigenvalue weighted by atomic mass is 9.86. The Morgan fingerprint density at radius 3 is 2.42 bits per heavy atom. The highest BCUT2D eigenvalue weighted by atomic mass is 19.3. The molecule has 0 radical (unpaired) electrons. The van der Waals surface area contributed by atoms with Crippen molar-refractivity contribution in [2.24, 2.45) is 13.0 Å². The van der Waals surface area contributed by atoms with Gasteiger partial charge in [0, 0.05) is 31.0 Å². The Morgan fingerprint density at radius 2 is 1.83 bits per heavy atom. The van der Waals surface area contributed by atoms with E-state index in [-0.39, 0.29) is 18.1 Å². The van der Waals surface area contributed by atoms with E-state index in [9.17, 15) is 23.2 Å². The average Bonchev–Trinajstić information content (AvgIpc) is 2.76. The van der Waals surface area contributed by atoms with Crippen LogP contribution in [0.3, 0.4) is 0 Å². The molecule has 3 amide bonds. The predicted octanol–water partition coefficient (Wildman–Crippen LogP) is 3.75. The first-order valence-corrected chi connectivity index (χ1v) is 11.6. The summed E-state index contributed by atoms with van der Waals surface area (Å²) < 4.78 is 36.1. The molecule has 0 aromatic carbocycles. The summed E-state index contributed by atoms with van der Waals surface area (Å²) in [6, 6.07) is 3.92. The van der Waals surface area contributed by atoms with Crippen LogP contribution in [0.2, 0.25) is 0 Å². The minimum Gasteiger partial charge on any atom is -0.444 e. The Bertz CT molecular complexity index is 1150. The molecule has 2 aromatic heterocycles. The molecule has 1 aliphatic heterocycles. The second kappa shape index (κ2) is 10.2. The van der Waals surface area contributed by atoms with Crippen LogP contribution in [-0.2, 0) is 21.4 Å². The highest BCUT2D eigenvalue weighted by molar-refractivity contribution is 6.39. The van der Waals surface area contributed by atoms with E-state index in [1.165, 1.54) is 24.1 Å². The van der Waals surface area contributed by atoms with Crippen LogP contribution in [0.15, 0.2) is 36.8 Å². The number of anilines is 2. The number of nitrogens with zero attached hydrogens (tertiary/aromatic N) is 3. The standard InChI is InChI=1S/C25H31F2N5O4/c1-15-11-18(13-28-20(15)30-23(35)36-24(3,4)5)29-21(33)22(34)32-14-16(2)25(26,27)12-19(32)17-7-9-31(6)10-8-17/h7-11,13,16,19H,12,14H2,1-6H3,(H-,28,29,30,33,34,35)/p+1/t16-,19-/m0/s1. The topological polar surface area (TPSA) is 105 Å². The molecule has 3 rings (SSSR count). The van der Waals surface area contributed by atoms with Crippen LogP contribution in [0.1, 0.15) is 51.3 Å². The molecule has 3 heterocycles. The highest BCUT2D eigenvalue weighted by Crippen LogP contribution is 2.42. The molecule has 1 aliphatic rings. The van der Waals surface area contributed by atoms with Crippen LogP contribution in [0.5, 0.6) is 0 Å². The third-order valence-corrected chi connectivity index (χ3v) is 5.83. The summed E-state index contributed by atoms with van der Waals surface area (Å²) in [4.78, 5) is 43.3. The average molecular weight is 505 g/mol. The zero-order valence-corrected chi connectivity index (χ0v) is 21.3. The minimum atomic E-state index is -2.98. The van der Waals surface area contributed by atoms with Crippen LogP contribution < -0.4 is 15.2 Å².